The van der Waals surface area contributed by atoms with Crippen molar-refractivity contribution in [2.24, 2.45) is 5.92 Å². The molecule has 5 heteroatoms. The van der Waals surface area contributed by atoms with Gasteiger partial charge in [0.05, 0.1) is 0 Å². The molecule has 1 amide bonds. The number of amides is 1. The fraction of sp³-hybridized carbons (Fsp3) is 0.731. The molecule has 3 heterocycles. The number of hydroxylamine groups is 2. The SMILES string of the molecule is C[C@H]1CN(C2CCN(Cc3ccccc3)CC2)C(=O)[C@@H]1ON1C(C)(C)CCCC1(C)C. The normalized spacial score (nSPS) is 30.1. The van der Waals surface area contributed by atoms with E-state index in [9.17, 15) is 4.79 Å². The van der Waals surface area contributed by atoms with E-state index >= 15 is 0 Å². The summed E-state index contributed by atoms with van der Waals surface area (Å²) in [5.74, 6) is 0.426. The summed E-state index contributed by atoms with van der Waals surface area (Å²) in [6, 6.07) is 11.0. The molecule has 4 rings (SSSR count). The summed E-state index contributed by atoms with van der Waals surface area (Å²) >= 11 is 0. The van der Waals surface area contributed by atoms with Gasteiger partial charge in [-0.3, -0.25) is 14.5 Å². The molecular weight excluding hydrogens is 386 g/mol. The Kier molecular flexibility index (Phi) is 6.49. The zero-order valence-electron chi connectivity index (χ0n) is 20.1. The molecule has 0 radical (unpaired) electrons. The van der Waals surface area contributed by atoms with Gasteiger partial charge in [-0.05, 0) is 65.4 Å². The van der Waals surface area contributed by atoms with E-state index in [-0.39, 0.29) is 29.0 Å². The highest BCUT2D eigenvalue weighted by Gasteiger charge is 2.49. The minimum Gasteiger partial charge on any atom is -0.337 e. The van der Waals surface area contributed by atoms with Crippen LogP contribution in [0.25, 0.3) is 0 Å². The molecule has 0 unspecified atom stereocenters. The van der Waals surface area contributed by atoms with Crippen LogP contribution in [0.3, 0.4) is 0 Å². The van der Waals surface area contributed by atoms with Crippen LogP contribution in [0.4, 0.5) is 0 Å². The van der Waals surface area contributed by atoms with Crippen molar-refractivity contribution in [1.82, 2.24) is 14.9 Å². The highest BCUT2D eigenvalue weighted by atomic mass is 16.7. The lowest BCUT2D eigenvalue weighted by atomic mass is 9.82. The van der Waals surface area contributed by atoms with E-state index < -0.39 is 0 Å². The molecular formula is C26H41N3O2. The van der Waals surface area contributed by atoms with Gasteiger partial charge in [-0.15, -0.1) is 0 Å². The second-order valence-corrected chi connectivity index (χ2v) is 11.3. The molecule has 1 aromatic rings. The molecule has 172 valence electrons. The van der Waals surface area contributed by atoms with Gasteiger partial charge in [0.2, 0.25) is 0 Å². The van der Waals surface area contributed by atoms with Crippen molar-refractivity contribution in [3.8, 4) is 0 Å². The molecule has 0 saturated carbocycles. The third kappa shape index (κ3) is 4.84. The molecule has 0 aromatic heterocycles. The monoisotopic (exact) mass is 427 g/mol. The third-order valence-corrected chi connectivity index (χ3v) is 7.67. The molecule has 31 heavy (non-hydrogen) atoms. The predicted molar refractivity (Wildman–Crippen MR) is 124 cm³/mol. The highest BCUT2D eigenvalue weighted by molar-refractivity contribution is 5.83. The van der Waals surface area contributed by atoms with Crippen LogP contribution in [0.1, 0.15) is 72.3 Å². The molecule has 3 aliphatic rings. The van der Waals surface area contributed by atoms with Crippen LogP contribution < -0.4 is 0 Å². The van der Waals surface area contributed by atoms with Crippen molar-refractivity contribution in [2.75, 3.05) is 19.6 Å². The molecule has 5 nitrogen and oxygen atoms in total. The third-order valence-electron chi connectivity index (χ3n) is 7.67. The summed E-state index contributed by atoms with van der Waals surface area (Å²) in [6.45, 7) is 15.1. The number of hydrogen-bond acceptors (Lipinski definition) is 4. The van der Waals surface area contributed by atoms with Gasteiger partial charge in [0.25, 0.3) is 5.91 Å². The molecule has 0 bridgehead atoms. The fourth-order valence-corrected chi connectivity index (χ4v) is 5.99. The Morgan fingerprint density at radius 1 is 1.00 bits per heavy atom. The van der Waals surface area contributed by atoms with Crippen LogP contribution in [0.2, 0.25) is 0 Å². The number of piperidine rings is 2. The van der Waals surface area contributed by atoms with Gasteiger partial charge in [-0.2, -0.15) is 5.06 Å². The quantitative estimate of drug-likeness (QED) is 0.695. The Morgan fingerprint density at radius 2 is 1.61 bits per heavy atom. The van der Waals surface area contributed by atoms with Crippen LogP contribution in [0.15, 0.2) is 30.3 Å². The largest absolute Gasteiger partial charge is 0.337 e. The Balaban J connectivity index is 1.36. The summed E-state index contributed by atoms with van der Waals surface area (Å²) in [4.78, 5) is 24.7. The molecule has 3 aliphatic heterocycles. The number of hydrogen-bond donors (Lipinski definition) is 0. The van der Waals surface area contributed by atoms with Crippen molar-refractivity contribution in [2.45, 2.75) is 96.5 Å². The number of carbonyl (C=O) groups excluding carboxylic acids is 1. The van der Waals surface area contributed by atoms with Gasteiger partial charge in [0.15, 0.2) is 6.10 Å². The number of likely N-dealkylation sites (tertiary alicyclic amines) is 2. The van der Waals surface area contributed by atoms with Gasteiger partial charge in [-0.1, -0.05) is 37.3 Å². The first-order chi connectivity index (χ1) is 14.7. The van der Waals surface area contributed by atoms with Crippen molar-refractivity contribution >= 4 is 5.91 Å². The van der Waals surface area contributed by atoms with Crippen molar-refractivity contribution in [3.63, 3.8) is 0 Å². The molecule has 3 fully saturated rings. The molecule has 3 saturated heterocycles. The molecule has 0 aliphatic carbocycles. The van der Waals surface area contributed by atoms with Gasteiger partial charge < -0.3 is 4.90 Å². The van der Waals surface area contributed by atoms with E-state index in [1.165, 1.54) is 12.0 Å². The average Bonchev–Trinajstić information content (AvgIpc) is 2.99. The number of carbonyl (C=O) groups is 1. The van der Waals surface area contributed by atoms with E-state index in [0.29, 0.717) is 6.04 Å². The first-order valence-corrected chi connectivity index (χ1v) is 12.2. The minimum absolute atomic E-state index is 0.0437. The lowest BCUT2D eigenvalue weighted by molar-refractivity contribution is -0.302. The Labute approximate surface area is 188 Å². The van der Waals surface area contributed by atoms with Crippen molar-refractivity contribution in [1.29, 1.82) is 0 Å². The number of rotatable bonds is 5. The highest BCUT2D eigenvalue weighted by Crippen LogP contribution is 2.40. The van der Waals surface area contributed by atoms with Gasteiger partial charge in [0, 0.05) is 49.2 Å². The maximum absolute atomic E-state index is 13.4. The van der Waals surface area contributed by atoms with E-state index in [1.807, 2.05) is 0 Å². The first kappa shape index (κ1) is 22.8. The Hall–Kier alpha value is -1.43. The summed E-state index contributed by atoms with van der Waals surface area (Å²) in [5.41, 5.74) is 1.28. The fourth-order valence-electron chi connectivity index (χ4n) is 5.99. The zero-order valence-corrected chi connectivity index (χ0v) is 20.1. The van der Waals surface area contributed by atoms with Crippen LogP contribution >= 0.6 is 0 Å². The molecule has 0 spiro atoms. The topological polar surface area (TPSA) is 36.0 Å². The summed E-state index contributed by atoms with van der Waals surface area (Å²) in [7, 11) is 0. The maximum atomic E-state index is 13.4. The smallest absolute Gasteiger partial charge is 0.254 e. The molecule has 1 aromatic carbocycles. The van der Waals surface area contributed by atoms with Crippen molar-refractivity contribution < 1.29 is 9.63 Å². The lowest BCUT2D eigenvalue weighted by Crippen LogP contribution is -2.60. The van der Waals surface area contributed by atoms with E-state index in [2.05, 4.69) is 79.8 Å². The van der Waals surface area contributed by atoms with Crippen LogP contribution in [0, 0.1) is 5.92 Å². The van der Waals surface area contributed by atoms with Crippen LogP contribution in [0.5, 0.6) is 0 Å². The lowest BCUT2D eigenvalue weighted by Gasteiger charge is -2.52. The Bertz CT molecular complexity index is 739. The Morgan fingerprint density at radius 3 is 2.23 bits per heavy atom. The summed E-state index contributed by atoms with van der Waals surface area (Å²) in [6.07, 6.45) is 5.18. The maximum Gasteiger partial charge on any atom is 0.254 e. The predicted octanol–water partition coefficient (Wildman–Crippen LogP) is 4.47. The van der Waals surface area contributed by atoms with Gasteiger partial charge >= 0.3 is 0 Å². The van der Waals surface area contributed by atoms with E-state index in [1.54, 1.807) is 0 Å². The van der Waals surface area contributed by atoms with Crippen LogP contribution in [-0.2, 0) is 16.2 Å². The summed E-state index contributed by atoms with van der Waals surface area (Å²) in [5, 5.41) is 2.16. The molecule has 2 atom stereocenters. The van der Waals surface area contributed by atoms with Crippen LogP contribution in [-0.4, -0.2) is 63.6 Å². The minimum atomic E-state index is -0.348. The number of benzene rings is 1. The standard InChI is InChI=1S/C26H41N3O2/c1-20-18-28(22-12-16-27(17-13-22)19-21-10-7-6-8-11-21)24(30)23(20)31-29-25(2,3)14-9-15-26(29,4)5/h6-8,10-11,20,22-23H,9,12-19H2,1-5H3/t20-,23+/m0/s1. The number of nitrogens with zero attached hydrogens (tertiary/aromatic N) is 3. The van der Waals surface area contributed by atoms with Gasteiger partial charge in [0.1, 0.15) is 0 Å². The second kappa shape index (κ2) is 8.84. The first-order valence-electron chi connectivity index (χ1n) is 12.2. The summed E-state index contributed by atoms with van der Waals surface area (Å²) < 4.78 is 0. The molecule has 0 N–H and O–H groups in total. The van der Waals surface area contributed by atoms with E-state index in [4.69, 9.17) is 4.84 Å². The average molecular weight is 428 g/mol. The van der Waals surface area contributed by atoms with E-state index in [0.717, 1.165) is 51.9 Å². The van der Waals surface area contributed by atoms with Crippen molar-refractivity contribution in [3.05, 3.63) is 35.9 Å². The second-order valence-electron chi connectivity index (χ2n) is 11.3. The van der Waals surface area contributed by atoms with Gasteiger partial charge in [-0.25, -0.2) is 0 Å². The zero-order chi connectivity index (χ0) is 22.2.